The van der Waals surface area contributed by atoms with E-state index in [1.165, 1.54) is 4.90 Å². The Hall–Kier alpha value is -0.750. The molecule has 0 saturated heterocycles. The lowest BCUT2D eigenvalue weighted by atomic mass is 10.1. The number of nitrogens with two attached hydrogens (primary N) is 1. The number of carbonyl (C=O) groups excluding carboxylic acids is 1. The maximum absolute atomic E-state index is 12.2. The molecule has 18 heavy (non-hydrogen) atoms. The van der Waals surface area contributed by atoms with Crippen molar-refractivity contribution >= 4 is 23.6 Å². The second-order valence-corrected chi connectivity index (χ2v) is 5.67. The highest BCUT2D eigenvalue weighted by Crippen LogP contribution is 2.24. The molecular formula is C12H22N2O3S. The number of aliphatic carboxylic acids is 1. The average Bonchev–Trinajstić information content (AvgIpc) is 2.85. The molecule has 0 unspecified atom stereocenters. The van der Waals surface area contributed by atoms with E-state index in [0.717, 1.165) is 31.4 Å². The Morgan fingerprint density at radius 2 is 2.06 bits per heavy atom. The van der Waals surface area contributed by atoms with Gasteiger partial charge in [0.25, 0.3) is 0 Å². The van der Waals surface area contributed by atoms with Crippen molar-refractivity contribution in [1.29, 1.82) is 0 Å². The molecule has 1 fully saturated rings. The molecular weight excluding hydrogens is 252 g/mol. The molecule has 1 saturated carbocycles. The Morgan fingerprint density at radius 3 is 2.56 bits per heavy atom. The van der Waals surface area contributed by atoms with Gasteiger partial charge in [0.05, 0.1) is 6.04 Å². The highest BCUT2D eigenvalue weighted by molar-refractivity contribution is 7.98. The van der Waals surface area contributed by atoms with Crippen LogP contribution < -0.4 is 5.73 Å². The van der Waals surface area contributed by atoms with Gasteiger partial charge >= 0.3 is 5.97 Å². The van der Waals surface area contributed by atoms with Crippen LogP contribution in [0.5, 0.6) is 0 Å². The van der Waals surface area contributed by atoms with Crippen molar-refractivity contribution in [3.8, 4) is 0 Å². The smallest absolute Gasteiger partial charge is 0.323 e. The van der Waals surface area contributed by atoms with Crippen molar-refractivity contribution < 1.29 is 14.7 Å². The van der Waals surface area contributed by atoms with Crippen molar-refractivity contribution in [3.05, 3.63) is 0 Å². The normalized spacial score (nSPS) is 17.7. The van der Waals surface area contributed by atoms with Crippen LogP contribution in [0.15, 0.2) is 0 Å². The van der Waals surface area contributed by atoms with E-state index in [0.29, 0.717) is 6.42 Å². The molecule has 0 spiro atoms. The zero-order chi connectivity index (χ0) is 13.5. The molecule has 6 heteroatoms. The van der Waals surface area contributed by atoms with Crippen LogP contribution in [0.25, 0.3) is 0 Å². The van der Waals surface area contributed by atoms with Gasteiger partial charge in [0.1, 0.15) is 6.54 Å². The molecule has 0 aromatic heterocycles. The highest BCUT2D eigenvalue weighted by atomic mass is 32.2. The fraction of sp³-hybridized carbons (Fsp3) is 0.833. The third-order valence-electron chi connectivity index (χ3n) is 3.30. The third-order valence-corrected chi connectivity index (χ3v) is 3.95. The van der Waals surface area contributed by atoms with E-state index in [2.05, 4.69) is 0 Å². The van der Waals surface area contributed by atoms with E-state index in [-0.39, 0.29) is 18.5 Å². The van der Waals surface area contributed by atoms with Crippen molar-refractivity contribution in [3.63, 3.8) is 0 Å². The summed E-state index contributed by atoms with van der Waals surface area (Å²) in [6, 6.07) is -0.508. The van der Waals surface area contributed by atoms with Crippen LogP contribution in [-0.2, 0) is 9.59 Å². The van der Waals surface area contributed by atoms with E-state index < -0.39 is 12.0 Å². The number of rotatable bonds is 7. The summed E-state index contributed by atoms with van der Waals surface area (Å²) in [6.07, 6.45) is 6.48. The van der Waals surface area contributed by atoms with Gasteiger partial charge in [0, 0.05) is 6.04 Å². The van der Waals surface area contributed by atoms with Gasteiger partial charge in [-0.05, 0) is 31.3 Å². The van der Waals surface area contributed by atoms with E-state index in [9.17, 15) is 9.59 Å². The Morgan fingerprint density at radius 1 is 1.44 bits per heavy atom. The van der Waals surface area contributed by atoms with Crippen LogP contribution in [0.4, 0.5) is 0 Å². The maximum Gasteiger partial charge on any atom is 0.323 e. The lowest BCUT2D eigenvalue weighted by molar-refractivity contribution is -0.146. The number of carboxylic acid groups (broad SMARTS) is 1. The first kappa shape index (κ1) is 15.3. The fourth-order valence-electron chi connectivity index (χ4n) is 2.33. The Kier molecular flexibility index (Phi) is 6.49. The van der Waals surface area contributed by atoms with Gasteiger partial charge in [-0.3, -0.25) is 9.59 Å². The Labute approximate surface area is 112 Å². The van der Waals surface area contributed by atoms with Gasteiger partial charge in [0.2, 0.25) is 5.91 Å². The molecule has 0 bridgehead atoms. The molecule has 0 aromatic carbocycles. The van der Waals surface area contributed by atoms with E-state index in [1.54, 1.807) is 11.8 Å². The van der Waals surface area contributed by atoms with Crippen molar-refractivity contribution in [2.45, 2.75) is 44.2 Å². The minimum atomic E-state index is -0.965. The highest BCUT2D eigenvalue weighted by Gasteiger charge is 2.30. The maximum atomic E-state index is 12.2. The van der Waals surface area contributed by atoms with Gasteiger partial charge in [-0.15, -0.1) is 0 Å². The predicted molar refractivity (Wildman–Crippen MR) is 72.6 cm³/mol. The SMILES string of the molecule is CSCC[C@H](N)C(=O)N(CC(=O)O)C1CCCC1. The summed E-state index contributed by atoms with van der Waals surface area (Å²) in [5.41, 5.74) is 5.85. The summed E-state index contributed by atoms with van der Waals surface area (Å²) < 4.78 is 0. The van der Waals surface area contributed by atoms with Crippen LogP contribution in [0.3, 0.4) is 0 Å². The van der Waals surface area contributed by atoms with Crippen LogP contribution >= 0.6 is 11.8 Å². The second-order valence-electron chi connectivity index (χ2n) is 4.69. The molecule has 1 atom stereocenters. The molecule has 5 nitrogen and oxygen atoms in total. The van der Waals surface area contributed by atoms with E-state index in [4.69, 9.17) is 10.8 Å². The van der Waals surface area contributed by atoms with Gasteiger partial charge in [-0.1, -0.05) is 12.8 Å². The van der Waals surface area contributed by atoms with Crippen LogP contribution in [-0.4, -0.2) is 52.5 Å². The molecule has 1 aliphatic rings. The quantitative estimate of drug-likeness (QED) is 0.721. The molecule has 1 rings (SSSR count). The van der Waals surface area contributed by atoms with Gasteiger partial charge < -0.3 is 15.7 Å². The summed E-state index contributed by atoms with van der Waals surface area (Å²) in [4.78, 5) is 24.5. The Balaban J connectivity index is 2.62. The molecule has 0 aromatic rings. The van der Waals surface area contributed by atoms with Crippen LogP contribution in [0.1, 0.15) is 32.1 Å². The number of thioether (sulfide) groups is 1. The molecule has 104 valence electrons. The molecule has 0 heterocycles. The zero-order valence-electron chi connectivity index (χ0n) is 10.8. The zero-order valence-corrected chi connectivity index (χ0v) is 11.6. The summed E-state index contributed by atoms with van der Waals surface area (Å²) in [5, 5.41) is 8.91. The first-order valence-corrected chi connectivity index (χ1v) is 7.72. The lowest BCUT2D eigenvalue weighted by Crippen LogP contribution is -2.50. The molecule has 1 aliphatic carbocycles. The molecule has 0 aliphatic heterocycles. The predicted octanol–water partition coefficient (Wildman–Crippen LogP) is 0.923. The summed E-state index contributed by atoms with van der Waals surface area (Å²) in [5.74, 6) is -0.357. The van der Waals surface area contributed by atoms with E-state index >= 15 is 0 Å². The number of amides is 1. The topological polar surface area (TPSA) is 83.6 Å². The first-order valence-electron chi connectivity index (χ1n) is 6.33. The number of hydrogen-bond donors (Lipinski definition) is 2. The fourth-order valence-corrected chi connectivity index (χ4v) is 2.82. The monoisotopic (exact) mass is 274 g/mol. The summed E-state index contributed by atoms with van der Waals surface area (Å²) in [7, 11) is 0. The lowest BCUT2D eigenvalue weighted by Gasteiger charge is -2.29. The van der Waals surface area contributed by atoms with Crippen LogP contribution in [0.2, 0.25) is 0 Å². The van der Waals surface area contributed by atoms with Gasteiger partial charge in [-0.2, -0.15) is 11.8 Å². The average molecular weight is 274 g/mol. The van der Waals surface area contributed by atoms with Crippen molar-refractivity contribution in [2.24, 2.45) is 5.73 Å². The van der Waals surface area contributed by atoms with Gasteiger partial charge in [-0.25, -0.2) is 0 Å². The molecule has 3 N–H and O–H groups in total. The molecule has 1 amide bonds. The van der Waals surface area contributed by atoms with Gasteiger partial charge in [0.15, 0.2) is 0 Å². The van der Waals surface area contributed by atoms with Crippen molar-refractivity contribution in [1.82, 2.24) is 4.90 Å². The standard InChI is InChI=1S/C12H22N2O3S/c1-18-7-6-10(13)12(17)14(8-11(15)16)9-4-2-3-5-9/h9-10H,2-8,13H2,1H3,(H,15,16)/t10-/m0/s1. The minimum Gasteiger partial charge on any atom is -0.480 e. The third kappa shape index (κ3) is 4.49. The van der Waals surface area contributed by atoms with Crippen molar-refractivity contribution in [2.75, 3.05) is 18.6 Å². The number of carboxylic acids is 1. The number of carbonyl (C=O) groups is 2. The Bertz CT molecular complexity index is 293. The molecule has 0 radical (unpaired) electrons. The summed E-state index contributed by atoms with van der Waals surface area (Å²) in [6.45, 7) is -0.226. The minimum absolute atomic E-state index is 0.0638. The number of nitrogens with zero attached hydrogens (tertiary/aromatic N) is 1. The largest absolute Gasteiger partial charge is 0.480 e. The van der Waals surface area contributed by atoms with E-state index in [1.807, 2.05) is 6.26 Å². The second kappa shape index (κ2) is 7.63. The first-order chi connectivity index (χ1) is 8.56. The number of hydrogen-bond acceptors (Lipinski definition) is 4. The van der Waals surface area contributed by atoms with Crippen LogP contribution in [0, 0.1) is 0 Å². The summed E-state index contributed by atoms with van der Waals surface area (Å²) >= 11 is 1.64.